The van der Waals surface area contributed by atoms with E-state index in [1.807, 2.05) is 19.6 Å². The first-order chi connectivity index (χ1) is 7.53. The van der Waals surface area contributed by atoms with Crippen LogP contribution in [0.2, 0.25) is 19.6 Å². The van der Waals surface area contributed by atoms with Crippen molar-refractivity contribution in [2.45, 2.75) is 25.8 Å². The molecule has 0 amide bonds. The van der Waals surface area contributed by atoms with Gasteiger partial charge >= 0.3 is 13.3 Å². The molecule has 17 heavy (non-hydrogen) atoms. The van der Waals surface area contributed by atoms with Crippen molar-refractivity contribution in [2.75, 3.05) is 0 Å². The molecule has 1 rings (SSSR count). The third-order valence-corrected chi connectivity index (χ3v) is 4.52. The van der Waals surface area contributed by atoms with E-state index in [1.54, 1.807) is 0 Å². The molecule has 0 aromatic heterocycles. The van der Waals surface area contributed by atoms with Crippen molar-refractivity contribution in [1.29, 1.82) is 0 Å². The minimum Gasteiger partial charge on any atom is -0.423 e. The highest BCUT2D eigenvalue weighted by Crippen LogP contribution is 2.28. The van der Waals surface area contributed by atoms with Crippen LogP contribution in [0.15, 0.2) is 18.2 Å². The Morgan fingerprint density at radius 1 is 1.12 bits per heavy atom. The predicted octanol–water partition coefficient (Wildman–Crippen LogP) is 0.930. The van der Waals surface area contributed by atoms with Gasteiger partial charge in [-0.05, 0) is 5.46 Å². The molecule has 0 radical (unpaired) electrons. The Kier molecular flexibility index (Phi) is 3.75. The minimum atomic E-state index is -4.41. The average molecular weight is 262 g/mol. The summed E-state index contributed by atoms with van der Waals surface area (Å²) in [6.07, 6.45) is -4.41. The lowest BCUT2D eigenvalue weighted by Gasteiger charge is -2.22. The smallest absolute Gasteiger partial charge is 0.423 e. The highest BCUT2D eigenvalue weighted by molar-refractivity contribution is 6.92. The first-order valence-electron chi connectivity index (χ1n) is 5.11. The number of benzene rings is 1. The minimum absolute atomic E-state index is 0.164. The maximum atomic E-state index is 12.6. The van der Waals surface area contributed by atoms with E-state index < -0.39 is 26.9 Å². The van der Waals surface area contributed by atoms with Gasteiger partial charge in [-0.15, -0.1) is 0 Å². The SMILES string of the molecule is C[Si](C)(C)c1cc(C(F)(F)F)ccc1B(O)O. The van der Waals surface area contributed by atoms with Crippen molar-refractivity contribution < 1.29 is 23.2 Å². The van der Waals surface area contributed by atoms with Gasteiger partial charge in [0, 0.05) is 0 Å². The van der Waals surface area contributed by atoms with Gasteiger partial charge in [-0.25, -0.2) is 0 Å². The van der Waals surface area contributed by atoms with Crippen molar-refractivity contribution in [3.05, 3.63) is 23.8 Å². The van der Waals surface area contributed by atoms with Gasteiger partial charge < -0.3 is 10.0 Å². The van der Waals surface area contributed by atoms with Crippen LogP contribution in [0.1, 0.15) is 5.56 Å². The molecule has 0 aliphatic carbocycles. The van der Waals surface area contributed by atoms with Crippen molar-refractivity contribution in [2.24, 2.45) is 0 Å². The standard InChI is InChI=1S/C10H14BF3O2Si/c1-17(2,3)9-6-7(10(12,13)14)4-5-8(9)11(15)16/h4-6,15-16H,1-3H3. The molecule has 0 aliphatic rings. The molecule has 0 saturated carbocycles. The van der Waals surface area contributed by atoms with E-state index >= 15 is 0 Å². The summed E-state index contributed by atoms with van der Waals surface area (Å²) in [6, 6.07) is 3.04. The third-order valence-electron chi connectivity index (χ3n) is 2.47. The van der Waals surface area contributed by atoms with Gasteiger partial charge in [0.05, 0.1) is 13.6 Å². The molecule has 7 heteroatoms. The summed E-state index contributed by atoms with van der Waals surface area (Å²) < 4.78 is 37.7. The molecule has 0 fully saturated rings. The fraction of sp³-hybridized carbons (Fsp3) is 0.400. The molecule has 0 aliphatic heterocycles. The van der Waals surface area contributed by atoms with Crippen LogP contribution in [-0.4, -0.2) is 25.2 Å². The summed E-state index contributed by atoms with van der Waals surface area (Å²) in [5.74, 6) is 0. The van der Waals surface area contributed by atoms with Gasteiger partial charge in [0.2, 0.25) is 0 Å². The summed E-state index contributed by atoms with van der Waals surface area (Å²) in [4.78, 5) is 0. The zero-order chi connectivity index (χ0) is 13.4. The normalized spacial score (nSPS) is 12.7. The maximum absolute atomic E-state index is 12.6. The fourth-order valence-electron chi connectivity index (χ4n) is 1.61. The van der Waals surface area contributed by atoms with Gasteiger partial charge in [0.15, 0.2) is 0 Å². The molecule has 0 bridgehead atoms. The second-order valence-corrected chi connectivity index (χ2v) is 9.96. The summed E-state index contributed by atoms with van der Waals surface area (Å²) >= 11 is 0. The highest BCUT2D eigenvalue weighted by Gasteiger charge is 2.34. The Morgan fingerprint density at radius 3 is 2.00 bits per heavy atom. The molecule has 2 nitrogen and oxygen atoms in total. The number of rotatable bonds is 2. The Bertz CT molecular complexity index is 413. The Morgan fingerprint density at radius 2 is 1.65 bits per heavy atom. The summed E-state index contributed by atoms with van der Waals surface area (Å²) in [6.45, 7) is 5.57. The van der Waals surface area contributed by atoms with Crippen molar-refractivity contribution in [3.63, 3.8) is 0 Å². The Hall–Kier alpha value is -0.788. The first kappa shape index (κ1) is 14.3. The van der Waals surface area contributed by atoms with Gasteiger partial charge in [-0.1, -0.05) is 43.0 Å². The monoisotopic (exact) mass is 262 g/mol. The predicted molar refractivity (Wildman–Crippen MR) is 64.2 cm³/mol. The van der Waals surface area contributed by atoms with Crippen molar-refractivity contribution >= 4 is 25.8 Å². The number of halogens is 3. The Labute approximate surface area is 99.2 Å². The van der Waals surface area contributed by atoms with E-state index in [2.05, 4.69) is 0 Å². The van der Waals surface area contributed by atoms with Crippen LogP contribution >= 0.6 is 0 Å². The zero-order valence-electron chi connectivity index (χ0n) is 9.84. The molecule has 0 spiro atoms. The van der Waals surface area contributed by atoms with E-state index in [0.29, 0.717) is 5.19 Å². The van der Waals surface area contributed by atoms with Crippen LogP contribution in [-0.2, 0) is 6.18 Å². The van der Waals surface area contributed by atoms with E-state index in [9.17, 15) is 13.2 Å². The van der Waals surface area contributed by atoms with Crippen LogP contribution in [0.25, 0.3) is 0 Å². The van der Waals surface area contributed by atoms with Gasteiger partial charge in [0.25, 0.3) is 0 Å². The summed E-state index contributed by atoms with van der Waals surface area (Å²) in [5, 5.41) is 18.7. The summed E-state index contributed by atoms with van der Waals surface area (Å²) in [7, 11) is -3.81. The van der Waals surface area contributed by atoms with Gasteiger partial charge in [0.1, 0.15) is 0 Å². The molecule has 1 aromatic carbocycles. The van der Waals surface area contributed by atoms with Gasteiger partial charge in [-0.2, -0.15) is 13.2 Å². The Balaban J connectivity index is 3.41. The zero-order valence-corrected chi connectivity index (χ0v) is 10.8. The van der Waals surface area contributed by atoms with E-state index in [-0.39, 0.29) is 5.46 Å². The third kappa shape index (κ3) is 3.34. The average Bonchev–Trinajstić information content (AvgIpc) is 2.14. The lowest BCUT2D eigenvalue weighted by Crippen LogP contribution is -2.53. The second-order valence-electron chi connectivity index (χ2n) is 4.92. The van der Waals surface area contributed by atoms with Crippen LogP contribution in [0.4, 0.5) is 13.2 Å². The summed E-state index contributed by atoms with van der Waals surface area (Å²) in [5.41, 5.74) is -0.587. The number of hydrogen-bond donors (Lipinski definition) is 2. The van der Waals surface area contributed by atoms with E-state index in [0.717, 1.165) is 18.2 Å². The van der Waals surface area contributed by atoms with Crippen LogP contribution in [0.3, 0.4) is 0 Å². The molecular formula is C10H14BF3O2Si. The van der Waals surface area contributed by atoms with Crippen LogP contribution in [0, 0.1) is 0 Å². The lowest BCUT2D eigenvalue weighted by atomic mass is 9.80. The number of alkyl halides is 3. The molecule has 94 valence electrons. The molecule has 2 N–H and O–H groups in total. The van der Waals surface area contributed by atoms with E-state index in [1.165, 1.54) is 0 Å². The van der Waals surface area contributed by atoms with E-state index in [4.69, 9.17) is 10.0 Å². The molecular weight excluding hydrogens is 248 g/mol. The molecule has 0 atom stereocenters. The molecule has 1 aromatic rings. The molecule has 0 unspecified atom stereocenters. The fourth-order valence-corrected chi connectivity index (χ4v) is 3.27. The second kappa shape index (κ2) is 4.47. The topological polar surface area (TPSA) is 40.5 Å². The highest BCUT2D eigenvalue weighted by atomic mass is 28.3. The molecule has 0 heterocycles. The van der Waals surface area contributed by atoms with Crippen molar-refractivity contribution in [3.8, 4) is 0 Å². The maximum Gasteiger partial charge on any atom is 0.488 e. The quantitative estimate of drug-likeness (QED) is 0.778. The lowest BCUT2D eigenvalue weighted by molar-refractivity contribution is -0.137. The number of hydrogen-bond acceptors (Lipinski definition) is 2. The van der Waals surface area contributed by atoms with Crippen molar-refractivity contribution in [1.82, 2.24) is 0 Å². The van der Waals surface area contributed by atoms with Crippen LogP contribution < -0.4 is 10.6 Å². The van der Waals surface area contributed by atoms with Gasteiger partial charge in [-0.3, -0.25) is 0 Å². The van der Waals surface area contributed by atoms with Crippen LogP contribution in [0.5, 0.6) is 0 Å². The largest absolute Gasteiger partial charge is 0.488 e. The molecule has 0 saturated heterocycles. The first-order valence-corrected chi connectivity index (χ1v) is 8.61.